The van der Waals surface area contributed by atoms with Crippen LogP contribution in [0, 0.1) is 5.92 Å². The second kappa shape index (κ2) is 9.44. The molecule has 2 N–H and O–H groups in total. The molecule has 1 aliphatic heterocycles. The number of carbonyl (C=O) groups excluding carboxylic acids is 2. The van der Waals surface area contributed by atoms with Gasteiger partial charge in [-0.25, -0.2) is 4.79 Å². The number of nitrogens with one attached hydrogen (secondary N) is 2. The van der Waals surface area contributed by atoms with Crippen LogP contribution in [-0.4, -0.2) is 66.9 Å². The summed E-state index contributed by atoms with van der Waals surface area (Å²) in [6, 6.07) is 0.556. The van der Waals surface area contributed by atoms with E-state index in [1.807, 2.05) is 20.8 Å². The highest BCUT2D eigenvalue weighted by Gasteiger charge is 2.40. The highest BCUT2D eigenvalue weighted by Crippen LogP contribution is 2.35. The summed E-state index contributed by atoms with van der Waals surface area (Å²) in [7, 11) is 0. The summed E-state index contributed by atoms with van der Waals surface area (Å²) >= 11 is 0. The topological polar surface area (TPSA) is 79.9 Å². The Balaban J connectivity index is 1.45. The van der Waals surface area contributed by atoms with Crippen LogP contribution in [0.3, 0.4) is 0 Å². The Kier molecular flexibility index (Phi) is 7.20. The molecule has 3 fully saturated rings. The minimum atomic E-state index is -0.494. The van der Waals surface area contributed by atoms with E-state index in [1.165, 1.54) is 25.7 Å². The molecule has 0 unspecified atom stereocenters. The second-order valence-electron chi connectivity index (χ2n) is 9.45. The fourth-order valence-corrected chi connectivity index (χ4v) is 4.16. The van der Waals surface area contributed by atoms with Crippen LogP contribution in [0.25, 0.3) is 0 Å². The number of carbonyl (C=O) groups is 2. The lowest BCUT2D eigenvalue weighted by Crippen LogP contribution is -2.55. The van der Waals surface area contributed by atoms with Crippen LogP contribution < -0.4 is 10.6 Å². The Morgan fingerprint density at radius 2 is 1.89 bits per heavy atom. The minimum Gasteiger partial charge on any atom is -0.444 e. The van der Waals surface area contributed by atoms with Crippen molar-refractivity contribution in [2.45, 2.75) is 89.5 Å². The van der Waals surface area contributed by atoms with Gasteiger partial charge in [0.2, 0.25) is 5.91 Å². The van der Waals surface area contributed by atoms with Gasteiger partial charge in [-0.15, -0.1) is 0 Å². The summed E-state index contributed by atoms with van der Waals surface area (Å²) in [6.45, 7) is 7.92. The molecule has 0 spiro atoms. The first kappa shape index (κ1) is 21.4. The van der Waals surface area contributed by atoms with Crippen LogP contribution in [0.15, 0.2) is 0 Å². The lowest BCUT2D eigenvalue weighted by atomic mass is 10.0. The molecule has 2 saturated carbocycles. The van der Waals surface area contributed by atoms with Crippen molar-refractivity contribution in [1.29, 1.82) is 0 Å². The number of amides is 2. The van der Waals surface area contributed by atoms with Crippen LogP contribution in [-0.2, 0) is 14.3 Å². The zero-order valence-electron chi connectivity index (χ0n) is 17.7. The molecule has 1 heterocycles. The molecule has 2 aliphatic carbocycles. The number of morpholine rings is 1. The van der Waals surface area contributed by atoms with E-state index in [9.17, 15) is 9.59 Å². The van der Waals surface area contributed by atoms with Gasteiger partial charge >= 0.3 is 6.09 Å². The smallest absolute Gasteiger partial charge is 0.410 e. The maximum absolute atomic E-state index is 12.4. The third-order valence-corrected chi connectivity index (χ3v) is 5.73. The third-order valence-electron chi connectivity index (χ3n) is 5.73. The predicted octanol–water partition coefficient (Wildman–Crippen LogP) is 2.44. The molecular weight excluding hydrogens is 358 g/mol. The fraction of sp³-hybridized carbons (Fsp3) is 0.905. The largest absolute Gasteiger partial charge is 0.444 e. The SMILES string of the molecule is CC(C)(C)OC(=O)N1CCO[C@H]([C@@H](NCCC(=O)NC2CCCC2)C2CC2)C1. The van der Waals surface area contributed by atoms with Crippen molar-refractivity contribution in [2.24, 2.45) is 5.92 Å². The van der Waals surface area contributed by atoms with Crippen LogP contribution in [0.1, 0.15) is 65.7 Å². The predicted molar refractivity (Wildman–Crippen MR) is 107 cm³/mol. The fourth-order valence-electron chi connectivity index (χ4n) is 4.16. The van der Waals surface area contributed by atoms with Crippen LogP contribution in [0.5, 0.6) is 0 Å². The summed E-state index contributed by atoms with van der Waals surface area (Å²) in [4.78, 5) is 26.3. The molecule has 0 aromatic heterocycles. The molecule has 2 atom stereocenters. The normalized spacial score (nSPS) is 24.8. The number of ether oxygens (including phenoxy) is 2. The van der Waals surface area contributed by atoms with Crippen molar-refractivity contribution < 1.29 is 19.1 Å². The lowest BCUT2D eigenvalue weighted by molar-refractivity contribution is -0.121. The first-order chi connectivity index (χ1) is 13.3. The minimum absolute atomic E-state index is 0.0494. The van der Waals surface area contributed by atoms with Gasteiger partial charge in [-0.2, -0.15) is 0 Å². The maximum Gasteiger partial charge on any atom is 0.410 e. The Labute approximate surface area is 168 Å². The van der Waals surface area contributed by atoms with E-state index >= 15 is 0 Å². The quantitative estimate of drug-likeness (QED) is 0.692. The molecule has 28 heavy (non-hydrogen) atoms. The number of rotatable bonds is 7. The number of nitrogens with zero attached hydrogens (tertiary/aromatic N) is 1. The molecule has 0 bridgehead atoms. The van der Waals surface area contributed by atoms with Crippen molar-refractivity contribution in [3.8, 4) is 0 Å². The highest BCUT2D eigenvalue weighted by atomic mass is 16.6. The van der Waals surface area contributed by atoms with Gasteiger partial charge in [-0.05, 0) is 52.4 Å². The third kappa shape index (κ3) is 6.62. The molecule has 3 aliphatic rings. The van der Waals surface area contributed by atoms with Gasteiger partial charge < -0.3 is 25.0 Å². The van der Waals surface area contributed by atoms with Gasteiger partial charge in [0.15, 0.2) is 0 Å². The molecule has 7 nitrogen and oxygen atoms in total. The maximum atomic E-state index is 12.4. The highest BCUT2D eigenvalue weighted by molar-refractivity contribution is 5.76. The Morgan fingerprint density at radius 1 is 1.18 bits per heavy atom. The standard InChI is InChI=1S/C21H37N3O4/c1-21(2,3)28-20(26)24-12-13-27-17(14-24)19(15-8-9-15)22-11-10-18(25)23-16-6-4-5-7-16/h15-17,19,22H,4-14H2,1-3H3,(H,23,25)/t17-,19-/m0/s1. The van der Waals surface area contributed by atoms with Crippen molar-refractivity contribution in [3.05, 3.63) is 0 Å². The van der Waals surface area contributed by atoms with Crippen LogP contribution in [0.4, 0.5) is 4.79 Å². The van der Waals surface area contributed by atoms with E-state index < -0.39 is 5.60 Å². The van der Waals surface area contributed by atoms with E-state index in [1.54, 1.807) is 4.90 Å². The van der Waals surface area contributed by atoms with Crippen molar-refractivity contribution in [2.75, 3.05) is 26.2 Å². The van der Waals surface area contributed by atoms with Crippen LogP contribution >= 0.6 is 0 Å². The Morgan fingerprint density at radius 3 is 2.54 bits per heavy atom. The van der Waals surface area contributed by atoms with Crippen LogP contribution in [0.2, 0.25) is 0 Å². The first-order valence-electron chi connectivity index (χ1n) is 10.9. The first-order valence-corrected chi connectivity index (χ1v) is 10.9. The van der Waals surface area contributed by atoms with Gasteiger partial charge in [0.1, 0.15) is 5.60 Å². The van der Waals surface area contributed by atoms with E-state index in [-0.39, 0.29) is 24.1 Å². The van der Waals surface area contributed by atoms with Crippen molar-refractivity contribution in [1.82, 2.24) is 15.5 Å². The molecule has 3 rings (SSSR count). The summed E-state index contributed by atoms with van der Waals surface area (Å²) in [5.41, 5.74) is -0.494. The van der Waals surface area contributed by atoms with E-state index in [4.69, 9.17) is 9.47 Å². The molecule has 7 heteroatoms. The van der Waals surface area contributed by atoms with Gasteiger partial charge in [-0.1, -0.05) is 12.8 Å². The molecule has 0 aromatic rings. The van der Waals surface area contributed by atoms with E-state index in [0.717, 1.165) is 12.8 Å². The molecule has 0 radical (unpaired) electrons. The van der Waals surface area contributed by atoms with Gasteiger partial charge in [0.05, 0.1) is 19.3 Å². The lowest BCUT2D eigenvalue weighted by Gasteiger charge is -2.38. The molecule has 0 aromatic carbocycles. The Bertz CT molecular complexity index is 538. The average molecular weight is 396 g/mol. The van der Waals surface area contributed by atoms with E-state index in [2.05, 4.69) is 10.6 Å². The van der Waals surface area contributed by atoms with Crippen molar-refractivity contribution in [3.63, 3.8) is 0 Å². The number of hydrogen-bond donors (Lipinski definition) is 2. The van der Waals surface area contributed by atoms with E-state index in [0.29, 0.717) is 44.6 Å². The average Bonchev–Trinajstić information content (AvgIpc) is 3.34. The molecular formula is C21H37N3O4. The van der Waals surface area contributed by atoms with Gasteiger partial charge in [0, 0.05) is 31.6 Å². The molecule has 160 valence electrons. The molecule has 1 saturated heterocycles. The summed E-state index contributed by atoms with van der Waals surface area (Å²) in [6.07, 6.45) is 7.19. The number of hydrogen-bond acceptors (Lipinski definition) is 5. The van der Waals surface area contributed by atoms with Gasteiger partial charge in [0.25, 0.3) is 0 Å². The van der Waals surface area contributed by atoms with Gasteiger partial charge in [-0.3, -0.25) is 4.79 Å². The summed E-state index contributed by atoms with van der Waals surface area (Å²) < 4.78 is 11.5. The zero-order chi connectivity index (χ0) is 20.1. The second-order valence-corrected chi connectivity index (χ2v) is 9.45. The summed E-state index contributed by atoms with van der Waals surface area (Å²) in [5, 5.41) is 6.69. The Hall–Kier alpha value is -1.34. The van der Waals surface area contributed by atoms with Crippen molar-refractivity contribution >= 4 is 12.0 Å². The monoisotopic (exact) mass is 395 g/mol. The molecule has 2 amide bonds. The zero-order valence-corrected chi connectivity index (χ0v) is 17.7. The summed E-state index contributed by atoms with van der Waals surface area (Å²) in [5.74, 6) is 0.704.